The second-order valence-corrected chi connectivity index (χ2v) is 6.94. The molecule has 0 radical (unpaired) electrons. The molecule has 7 nitrogen and oxygen atoms in total. The number of rotatable bonds is 11. The molecular weight excluding hydrogens is 376 g/mol. The molecule has 0 amide bonds. The van der Waals surface area contributed by atoms with E-state index in [9.17, 15) is 9.59 Å². The first-order chi connectivity index (χ1) is 14.0. The van der Waals surface area contributed by atoms with Crippen molar-refractivity contribution in [1.29, 1.82) is 0 Å². The van der Waals surface area contributed by atoms with Gasteiger partial charge in [0.15, 0.2) is 11.5 Å². The van der Waals surface area contributed by atoms with Crippen LogP contribution in [-0.4, -0.2) is 32.8 Å². The molecule has 0 atom stereocenters. The molecule has 0 unspecified atom stereocenters. The maximum atomic E-state index is 12.2. The fourth-order valence-electron chi connectivity index (χ4n) is 3.70. The molecule has 162 valence electrons. The first-order valence-electron chi connectivity index (χ1n) is 10.3. The zero-order chi connectivity index (χ0) is 21.4. The molecule has 1 heterocycles. The summed E-state index contributed by atoms with van der Waals surface area (Å²) in [5.41, 5.74) is 1.32. The monoisotopic (exact) mass is 408 g/mol. The van der Waals surface area contributed by atoms with Gasteiger partial charge in [0.05, 0.1) is 20.8 Å². The number of esters is 2. The second-order valence-electron chi connectivity index (χ2n) is 6.94. The third-order valence-corrected chi connectivity index (χ3v) is 4.99. The maximum absolute atomic E-state index is 12.2. The predicted octanol–water partition coefficient (Wildman–Crippen LogP) is 4.28. The van der Waals surface area contributed by atoms with Gasteiger partial charge in [-0.1, -0.05) is 33.1 Å². The van der Waals surface area contributed by atoms with Crippen molar-refractivity contribution in [2.45, 2.75) is 71.5 Å². The molecule has 0 N–H and O–H groups in total. The van der Waals surface area contributed by atoms with Crippen LogP contribution in [0.25, 0.3) is 0 Å². The van der Waals surface area contributed by atoms with Crippen molar-refractivity contribution in [3.05, 3.63) is 17.2 Å². The summed E-state index contributed by atoms with van der Waals surface area (Å²) in [4.78, 5) is 24.4. The van der Waals surface area contributed by atoms with Crippen LogP contribution in [0.3, 0.4) is 0 Å². The van der Waals surface area contributed by atoms with Gasteiger partial charge < -0.3 is 23.7 Å². The molecule has 1 fully saturated rings. The number of cyclic esters (lactones) is 2. The first-order valence-corrected chi connectivity index (χ1v) is 10.3. The molecule has 0 aromatic heterocycles. The Kier molecular flexibility index (Phi) is 8.17. The lowest BCUT2D eigenvalue weighted by Gasteiger charge is -2.38. The van der Waals surface area contributed by atoms with Gasteiger partial charge >= 0.3 is 11.9 Å². The Morgan fingerprint density at radius 3 is 2.17 bits per heavy atom. The summed E-state index contributed by atoms with van der Waals surface area (Å²) in [6.07, 6.45) is 4.36. The molecule has 0 spiro atoms. The van der Waals surface area contributed by atoms with E-state index in [1.807, 2.05) is 13.8 Å². The highest BCUT2D eigenvalue weighted by atomic mass is 16.7. The molecule has 0 aliphatic carbocycles. The first kappa shape index (κ1) is 22.8. The van der Waals surface area contributed by atoms with Gasteiger partial charge in [0.25, 0.3) is 5.79 Å². The highest BCUT2D eigenvalue weighted by molar-refractivity contribution is 5.93. The van der Waals surface area contributed by atoms with Crippen molar-refractivity contribution in [1.82, 2.24) is 0 Å². The van der Waals surface area contributed by atoms with Crippen LogP contribution in [-0.2, 0) is 31.3 Å². The van der Waals surface area contributed by atoms with Crippen molar-refractivity contribution in [2.24, 2.45) is 0 Å². The van der Waals surface area contributed by atoms with E-state index in [4.69, 9.17) is 23.7 Å². The summed E-state index contributed by atoms with van der Waals surface area (Å²) in [5.74, 6) is -1.27. The Bertz CT molecular complexity index is 710. The average Bonchev–Trinajstić information content (AvgIpc) is 2.70. The summed E-state index contributed by atoms with van der Waals surface area (Å²) in [6, 6.07) is 1.73. The van der Waals surface area contributed by atoms with E-state index in [0.717, 1.165) is 31.2 Å². The minimum absolute atomic E-state index is 0.373. The minimum atomic E-state index is -1.49. The molecule has 0 bridgehead atoms. The summed E-state index contributed by atoms with van der Waals surface area (Å²) in [6.45, 7) is 6.38. The predicted molar refractivity (Wildman–Crippen MR) is 107 cm³/mol. The van der Waals surface area contributed by atoms with Crippen LogP contribution >= 0.6 is 0 Å². The highest BCUT2D eigenvalue weighted by Gasteiger charge is 2.47. The number of ether oxygens (including phenoxy) is 5. The number of carbonyl (C=O) groups is 2. The van der Waals surface area contributed by atoms with Gasteiger partial charge in [-0.25, -0.2) is 0 Å². The van der Waals surface area contributed by atoms with Gasteiger partial charge in [0.1, 0.15) is 6.42 Å². The highest BCUT2D eigenvalue weighted by Crippen LogP contribution is 2.48. The van der Waals surface area contributed by atoms with Crippen molar-refractivity contribution in [2.75, 3.05) is 20.8 Å². The van der Waals surface area contributed by atoms with Crippen molar-refractivity contribution in [3.8, 4) is 17.2 Å². The van der Waals surface area contributed by atoms with Crippen molar-refractivity contribution < 1.29 is 33.3 Å². The van der Waals surface area contributed by atoms with E-state index < -0.39 is 17.7 Å². The molecule has 1 aromatic carbocycles. The summed E-state index contributed by atoms with van der Waals surface area (Å²) < 4.78 is 28.4. The topological polar surface area (TPSA) is 80.3 Å². The number of carbonyl (C=O) groups excluding carboxylic acids is 2. The van der Waals surface area contributed by atoms with Gasteiger partial charge in [-0.3, -0.25) is 9.59 Å². The normalized spacial score (nSPS) is 15.5. The van der Waals surface area contributed by atoms with Crippen LogP contribution in [0.5, 0.6) is 17.2 Å². The van der Waals surface area contributed by atoms with E-state index in [1.54, 1.807) is 13.2 Å². The number of benzene rings is 1. The Morgan fingerprint density at radius 2 is 1.66 bits per heavy atom. The van der Waals surface area contributed by atoms with Crippen LogP contribution in [0.4, 0.5) is 0 Å². The van der Waals surface area contributed by atoms with Gasteiger partial charge in [-0.05, 0) is 25.8 Å². The molecule has 1 aromatic rings. The molecule has 0 saturated carbocycles. The van der Waals surface area contributed by atoms with E-state index in [1.165, 1.54) is 7.11 Å². The fraction of sp³-hybridized carbons (Fsp3) is 0.636. The molecule has 1 aliphatic rings. The third kappa shape index (κ3) is 4.95. The quantitative estimate of drug-likeness (QED) is 0.307. The van der Waals surface area contributed by atoms with Gasteiger partial charge in [-0.15, -0.1) is 0 Å². The van der Waals surface area contributed by atoms with E-state index in [-0.39, 0.29) is 6.42 Å². The molecule has 29 heavy (non-hydrogen) atoms. The van der Waals surface area contributed by atoms with Crippen molar-refractivity contribution >= 4 is 11.9 Å². The summed E-state index contributed by atoms with van der Waals surface area (Å²) in [7, 11) is 3.08. The smallest absolute Gasteiger partial charge is 0.320 e. The zero-order valence-electron chi connectivity index (χ0n) is 18.1. The number of hydrogen-bond acceptors (Lipinski definition) is 7. The molecule has 7 heteroatoms. The summed E-state index contributed by atoms with van der Waals surface area (Å²) >= 11 is 0. The van der Waals surface area contributed by atoms with Gasteiger partial charge in [0, 0.05) is 17.5 Å². The molecular formula is C22H32O7. The van der Waals surface area contributed by atoms with E-state index in [0.29, 0.717) is 42.3 Å². The van der Waals surface area contributed by atoms with Crippen LogP contribution in [0.1, 0.15) is 70.4 Å². The Balaban J connectivity index is 2.64. The lowest BCUT2D eigenvalue weighted by atomic mass is 9.90. The zero-order valence-corrected chi connectivity index (χ0v) is 18.1. The maximum Gasteiger partial charge on any atom is 0.320 e. The Morgan fingerprint density at radius 1 is 0.966 bits per heavy atom. The van der Waals surface area contributed by atoms with Crippen LogP contribution in [0.15, 0.2) is 6.07 Å². The number of hydrogen-bond donors (Lipinski definition) is 0. The van der Waals surface area contributed by atoms with Crippen LogP contribution in [0, 0.1) is 0 Å². The fourth-order valence-corrected chi connectivity index (χ4v) is 3.70. The second kappa shape index (κ2) is 10.4. The summed E-state index contributed by atoms with van der Waals surface area (Å²) in [5, 5.41) is 0. The van der Waals surface area contributed by atoms with Crippen LogP contribution in [0.2, 0.25) is 0 Å². The lowest BCUT2D eigenvalue weighted by Crippen LogP contribution is -2.43. The van der Waals surface area contributed by atoms with Crippen molar-refractivity contribution in [3.63, 3.8) is 0 Å². The Labute approximate surface area is 172 Å². The standard InChI is InChI=1S/C22H32O7/c1-6-9-10-11-12-22(28-18(23)14-19(24)29-22)16-13-17(25-4)21(27-8-3)20(26-5)15(16)7-2/h13H,6-12,14H2,1-5H3. The number of methoxy groups -OCH3 is 2. The molecule has 2 rings (SSSR count). The van der Waals surface area contributed by atoms with Gasteiger partial charge in [-0.2, -0.15) is 0 Å². The average molecular weight is 408 g/mol. The largest absolute Gasteiger partial charge is 0.493 e. The number of unbranched alkanes of at least 4 members (excludes halogenated alkanes) is 3. The molecule has 1 saturated heterocycles. The molecule has 1 aliphatic heterocycles. The van der Waals surface area contributed by atoms with Gasteiger partial charge in [0.2, 0.25) is 5.75 Å². The van der Waals surface area contributed by atoms with E-state index >= 15 is 0 Å². The van der Waals surface area contributed by atoms with E-state index in [2.05, 4.69) is 6.92 Å². The third-order valence-electron chi connectivity index (χ3n) is 4.99. The Hall–Kier alpha value is -2.44. The minimum Gasteiger partial charge on any atom is -0.493 e. The van der Waals surface area contributed by atoms with Crippen LogP contribution < -0.4 is 14.2 Å². The SMILES string of the molecule is CCCCCCC1(c2cc(OC)c(OCC)c(OC)c2CC)OC(=O)CC(=O)O1. The lowest BCUT2D eigenvalue weighted by molar-refractivity contribution is -0.252.